The number of likely N-dealkylation sites (tertiary alicyclic amines) is 1. The van der Waals surface area contributed by atoms with Gasteiger partial charge in [0.05, 0.1) is 6.10 Å². The van der Waals surface area contributed by atoms with E-state index < -0.39 is 0 Å². The third-order valence-electron chi connectivity index (χ3n) is 7.63. The molecule has 2 heterocycles. The van der Waals surface area contributed by atoms with Crippen molar-refractivity contribution in [2.24, 2.45) is 16.3 Å². The first-order valence-corrected chi connectivity index (χ1v) is 11.1. The van der Waals surface area contributed by atoms with Gasteiger partial charge in [-0.3, -0.25) is 9.89 Å². The molecule has 0 aromatic carbocycles. The molecule has 4 rings (SSSR count). The molecule has 2 saturated carbocycles. The molecule has 0 radical (unpaired) electrons. The fraction of sp³-hybridized carbons (Fsp3) is 0.952. The fourth-order valence-corrected chi connectivity index (χ4v) is 6.39. The van der Waals surface area contributed by atoms with E-state index in [2.05, 4.69) is 36.0 Å². The van der Waals surface area contributed by atoms with Gasteiger partial charge in [-0.1, -0.05) is 19.8 Å². The summed E-state index contributed by atoms with van der Waals surface area (Å²) in [6.07, 6.45) is 9.81. The molecule has 0 aromatic heterocycles. The molecule has 0 aromatic rings. The molecule has 4 unspecified atom stereocenters. The molecule has 1 spiro atoms. The maximum absolute atomic E-state index is 6.16. The van der Waals surface area contributed by atoms with Crippen LogP contribution in [0.25, 0.3) is 0 Å². The molecule has 4 fully saturated rings. The molecule has 2 aliphatic carbocycles. The van der Waals surface area contributed by atoms with E-state index in [1.807, 2.05) is 0 Å². The normalized spacial score (nSPS) is 35.0. The van der Waals surface area contributed by atoms with Gasteiger partial charge in [-0.2, -0.15) is 0 Å². The Balaban J connectivity index is 0.00000210. The van der Waals surface area contributed by atoms with Crippen LogP contribution in [0.4, 0.5) is 0 Å². The van der Waals surface area contributed by atoms with Gasteiger partial charge in [0, 0.05) is 50.2 Å². The zero-order valence-electron chi connectivity index (χ0n) is 17.5. The lowest BCUT2D eigenvalue weighted by Gasteiger charge is -2.57. The van der Waals surface area contributed by atoms with Crippen molar-refractivity contribution >= 4 is 29.9 Å². The molecule has 1 N–H and O–H groups in total. The Morgan fingerprint density at radius 1 is 1.22 bits per heavy atom. The number of guanidine groups is 1. The highest BCUT2D eigenvalue weighted by Gasteiger charge is 2.65. The summed E-state index contributed by atoms with van der Waals surface area (Å²) >= 11 is 0. The van der Waals surface area contributed by atoms with Crippen molar-refractivity contribution < 1.29 is 4.74 Å². The second-order valence-corrected chi connectivity index (χ2v) is 8.91. The lowest BCUT2D eigenvalue weighted by atomic mass is 9.54. The maximum Gasteiger partial charge on any atom is 0.193 e. The minimum Gasteiger partial charge on any atom is -0.377 e. The van der Waals surface area contributed by atoms with Gasteiger partial charge in [0.15, 0.2) is 5.96 Å². The van der Waals surface area contributed by atoms with Crippen LogP contribution in [-0.4, -0.2) is 73.8 Å². The summed E-state index contributed by atoms with van der Waals surface area (Å²) in [4.78, 5) is 9.90. The van der Waals surface area contributed by atoms with E-state index >= 15 is 0 Å². The Kier molecular flexibility index (Phi) is 7.34. The number of nitrogens with one attached hydrogen (secondary N) is 1. The van der Waals surface area contributed by atoms with E-state index in [0.717, 1.165) is 25.7 Å². The molecule has 0 bridgehead atoms. The summed E-state index contributed by atoms with van der Waals surface area (Å²) in [6, 6.07) is 1.24. The quantitative estimate of drug-likeness (QED) is 0.365. The van der Waals surface area contributed by atoms with Crippen LogP contribution in [0.2, 0.25) is 0 Å². The Morgan fingerprint density at radius 3 is 2.70 bits per heavy atom. The molecule has 2 aliphatic heterocycles. The molecular formula is C21H39IN4O. The highest BCUT2D eigenvalue weighted by atomic mass is 127. The van der Waals surface area contributed by atoms with Crippen LogP contribution in [0, 0.1) is 11.3 Å². The van der Waals surface area contributed by atoms with Crippen LogP contribution in [0.3, 0.4) is 0 Å². The molecule has 2 saturated heterocycles. The van der Waals surface area contributed by atoms with E-state index in [4.69, 9.17) is 9.73 Å². The van der Waals surface area contributed by atoms with Crippen molar-refractivity contribution in [1.82, 2.24) is 15.1 Å². The Morgan fingerprint density at radius 2 is 2.00 bits per heavy atom. The molecule has 156 valence electrons. The maximum atomic E-state index is 6.16. The van der Waals surface area contributed by atoms with Crippen molar-refractivity contribution in [2.45, 2.75) is 77.0 Å². The number of likely N-dealkylation sites (N-methyl/N-ethyl adjacent to an activating group) is 2. The van der Waals surface area contributed by atoms with Gasteiger partial charge in [0.2, 0.25) is 0 Å². The molecule has 4 aliphatic rings. The zero-order valence-corrected chi connectivity index (χ0v) is 19.8. The molecule has 4 atom stereocenters. The highest BCUT2D eigenvalue weighted by Crippen LogP contribution is 2.60. The topological polar surface area (TPSA) is 40.1 Å². The zero-order chi connectivity index (χ0) is 18.1. The smallest absolute Gasteiger partial charge is 0.193 e. The predicted molar refractivity (Wildman–Crippen MR) is 122 cm³/mol. The summed E-state index contributed by atoms with van der Waals surface area (Å²) in [5.74, 6) is 1.82. The van der Waals surface area contributed by atoms with Gasteiger partial charge >= 0.3 is 0 Å². The standard InChI is InChI=1S/C21H38N4O.HI/c1-4-22-20(24(3)15-16-9-8-13-25(16)5-2)23-18-17-10-14-26-19(17)21(18)11-6-7-12-21;/h16-19H,4-15H2,1-3H3,(H,22,23);1H. The summed E-state index contributed by atoms with van der Waals surface area (Å²) in [6.45, 7) is 9.75. The van der Waals surface area contributed by atoms with Crippen LogP contribution in [0.5, 0.6) is 0 Å². The van der Waals surface area contributed by atoms with E-state index in [0.29, 0.717) is 29.5 Å². The fourth-order valence-electron chi connectivity index (χ4n) is 6.39. The molecule has 5 nitrogen and oxygen atoms in total. The minimum absolute atomic E-state index is 0. The third-order valence-corrected chi connectivity index (χ3v) is 7.63. The largest absolute Gasteiger partial charge is 0.377 e. The molecule has 27 heavy (non-hydrogen) atoms. The van der Waals surface area contributed by atoms with Crippen molar-refractivity contribution in [1.29, 1.82) is 0 Å². The first kappa shape index (κ1) is 21.6. The average Bonchev–Trinajstić information content (AvgIpc) is 3.37. The summed E-state index contributed by atoms with van der Waals surface area (Å²) in [5.41, 5.74) is 0.388. The molecule has 6 heteroatoms. The number of nitrogens with zero attached hydrogens (tertiary/aromatic N) is 3. The SMILES string of the molecule is CCN=C(NC1C2CCOC2C12CCCC2)N(C)CC1CCCN1CC.I. The van der Waals surface area contributed by atoms with Crippen molar-refractivity contribution in [3.8, 4) is 0 Å². The van der Waals surface area contributed by atoms with Crippen molar-refractivity contribution in [3.05, 3.63) is 0 Å². The van der Waals surface area contributed by atoms with Crippen LogP contribution < -0.4 is 5.32 Å². The number of hydrogen-bond donors (Lipinski definition) is 1. The van der Waals surface area contributed by atoms with E-state index in [9.17, 15) is 0 Å². The van der Waals surface area contributed by atoms with Crippen LogP contribution >= 0.6 is 24.0 Å². The van der Waals surface area contributed by atoms with Gasteiger partial charge < -0.3 is 15.0 Å². The highest BCUT2D eigenvalue weighted by molar-refractivity contribution is 14.0. The predicted octanol–water partition coefficient (Wildman–Crippen LogP) is 3.33. The molecular weight excluding hydrogens is 451 g/mol. The van der Waals surface area contributed by atoms with Crippen molar-refractivity contribution in [2.75, 3.05) is 39.8 Å². The van der Waals surface area contributed by atoms with Gasteiger partial charge in [0.1, 0.15) is 0 Å². The minimum atomic E-state index is 0. The van der Waals surface area contributed by atoms with Crippen LogP contribution in [0.15, 0.2) is 4.99 Å². The van der Waals surface area contributed by atoms with E-state index in [1.165, 1.54) is 58.0 Å². The number of fused-ring (bicyclic) bond motifs is 2. The van der Waals surface area contributed by atoms with Crippen molar-refractivity contribution in [3.63, 3.8) is 0 Å². The number of halogens is 1. The lowest BCUT2D eigenvalue weighted by molar-refractivity contribution is -0.125. The Bertz CT molecular complexity index is 522. The van der Waals surface area contributed by atoms with Gasteiger partial charge in [-0.15, -0.1) is 24.0 Å². The second-order valence-electron chi connectivity index (χ2n) is 8.91. The Labute approximate surface area is 182 Å². The van der Waals surface area contributed by atoms with E-state index in [-0.39, 0.29) is 24.0 Å². The van der Waals surface area contributed by atoms with Crippen LogP contribution in [-0.2, 0) is 4.74 Å². The monoisotopic (exact) mass is 490 g/mol. The summed E-state index contributed by atoms with van der Waals surface area (Å²) in [7, 11) is 2.23. The lowest BCUT2D eigenvalue weighted by Crippen LogP contribution is -2.69. The Hall–Kier alpha value is -0.0800. The number of aliphatic imine (C=N–C) groups is 1. The third kappa shape index (κ3) is 3.87. The van der Waals surface area contributed by atoms with Gasteiger partial charge in [0.25, 0.3) is 0 Å². The van der Waals surface area contributed by atoms with Gasteiger partial charge in [-0.25, -0.2) is 0 Å². The van der Waals surface area contributed by atoms with Crippen LogP contribution in [0.1, 0.15) is 58.8 Å². The number of rotatable bonds is 5. The summed E-state index contributed by atoms with van der Waals surface area (Å²) in [5, 5.41) is 3.94. The average molecular weight is 490 g/mol. The molecule has 0 amide bonds. The number of hydrogen-bond acceptors (Lipinski definition) is 3. The first-order chi connectivity index (χ1) is 12.7. The van der Waals surface area contributed by atoms with Gasteiger partial charge in [-0.05, 0) is 52.1 Å². The summed E-state index contributed by atoms with van der Waals surface area (Å²) < 4.78 is 6.16. The first-order valence-electron chi connectivity index (χ1n) is 11.1. The van der Waals surface area contributed by atoms with E-state index in [1.54, 1.807) is 0 Å². The second kappa shape index (κ2) is 9.16. The number of ether oxygens (including phenoxy) is 1.